The number of benzene rings is 1. The standard InChI is InChI=1S/C14H14FNO4S/c15-14-5-4-10(16(17)18)8-13(14)9-6-11-2-1-3-12(7-9)21(11,19)20/h4-6,8,11-12H,1-3,7H2. The van der Waals surface area contributed by atoms with Crippen molar-refractivity contribution >= 4 is 21.1 Å². The average Bonchev–Trinajstić information content (AvgIpc) is 2.38. The van der Waals surface area contributed by atoms with E-state index in [0.717, 1.165) is 18.6 Å². The maximum atomic E-state index is 14.0. The Kier molecular flexibility index (Phi) is 3.32. The molecule has 2 aliphatic heterocycles. The number of fused-ring (bicyclic) bond motifs is 2. The van der Waals surface area contributed by atoms with E-state index in [1.807, 2.05) is 0 Å². The first-order valence-electron chi connectivity index (χ1n) is 6.77. The lowest BCUT2D eigenvalue weighted by Gasteiger charge is -2.33. The lowest BCUT2D eigenvalue weighted by molar-refractivity contribution is -0.384. The van der Waals surface area contributed by atoms with Gasteiger partial charge in [-0.1, -0.05) is 12.5 Å². The van der Waals surface area contributed by atoms with Crippen LogP contribution in [0.4, 0.5) is 10.1 Å². The highest BCUT2D eigenvalue weighted by Crippen LogP contribution is 2.40. The highest BCUT2D eigenvalue weighted by atomic mass is 32.2. The third-order valence-corrected chi connectivity index (χ3v) is 6.79. The Morgan fingerprint density at radius 2 is 2.05 bits per heavy atom. The lowest BCUT2D eigenvalue weighted by atomic mass is 9.93. The van der Waals surface area contributed by atoms with Gasteiger partial charge in [0.15, 0.2) is 9.84 Å². The summed E-state index contributed by atoms with van der Waals surface area (Å²) in [6.07, 6.45) is 3.77. The predicted octanol–water partition coefficient (Wildman–Crippen LogP) is 2.86. The number of nitro benzene ring substituents is 1. The van der Waals surface area contributed by atoms with Crippen molar-refractivity contribution < 1.29 is 17.7 Å². The summed E-state index contributed by atoms with van der Waals surface area (Å²) in [5.74, 6) is -0.552. The largest absolute Gasteiger partial charge is 0.270 e. The Hall–Kier alpha value is -1.76. The van der Waals surface area contributed by atoms with Gasteiger partial charge in [-0.05, 0) is 30.9 Å². The van der Waals surface area contributed by atoms with E-state index in [9.17, 15) is 22.9 Å². The zero-order valence-electron chi connectivity index (χ0n) is 11.2. The molecule has 0 aliphatic carbocycles. The molecule has 5 nitrogen and oxygen atoms in total. The minimum absolute atomic E-state index is 0.149. The number of non-ortho nitro benzene ring substituents is 1. The summed E-state index contributed by atoms with van der Waals surface area (Å²) >= 11 is 0. The Morgan fingerprint density at radius 1 is 1.29 bits per heavy atom. The molecule has 7 heteroatoms. The molecule has 0 radical (unpaired) electrons. The van der Waals surface area contributed by atoms with E-state index in [1.165, 1.54) is 6.07 Å². The van der Waals surface area contributed by atoms with Crippen LogP contribution >= 0.6 is 0 Å². The van der Waals surface area contributed by atoms with Crippen molar-refractivity contribution in [3.05, 3.63) is 45.8 Å². The Bertz CT molecular complexity index is 741. The van der Waals surface area contributed by atoms with Crippen LogP contribution in [0.1, 0.15) is 31.2 Å². The fraction of sp³-hybridized carbons (Fsp3) is 0.429. The maximum Gasteiger partial charge on any atom is 0.270 e. The molecule has 2 heterocycles. The summed E-state index contributed by atoms with van der Waals surface area (Å²) in [5, 5.41) is 9.74. The van der Waals surface area contributed by atoms with Crippen LogP contribution in [0.15, 0.2) is 24.3 Å². The van der Waals surface area contributed by atoms with E-state index < -0.39 is 31.1 Å². The third-order valence-electron chi connectivity index (χ3n) is 4.24. The third kappa shape index (κ3) is 2.35. The molecule has 2 aliphatic rings. The van der Waals surface area contributed by atoms with E-state index in [-0.39, 0.29) is 17.7 Å². The number of sulfone groups is 1. The molecule has 2 bridgehead atoms. The van der Waals surface area contributed by atoms with E-state index in [2.05, 4.69) is 0 Å². The summed E-state index contributed by atoms with van der Waals surface area (Å²) in [7, 11) is -3.18. The molecule has 0 amide bonds. The van der Waals surface area contributed by atoms with Crippen molar-refractivity contribution in [2.45, 2.75) is 36.2 Å². The minimum atomic E-state index is -3.18. The summed E-state index contributed by atoms with van der Waals surface area (Å²) in [5.41, 5.74) is 0.530. The molecule has 21 heavy (non-hydrogen) atoms. The summed E-state index contributed by atoms with van der Waals surface area (Å²) in [4.78, 5) is 10.2. The second-order valence-electron chi connectivity index (χ2n) is 5.50. The molecule has 0 aromatic heterocycles. The van der Waals surface area contributed by atoms with Crippen molar-refractivity contribution in [3.63, 3.8) is 0 Å². The van der Waals surface area contributed by atoms with Gasteiger partial charge in [0, 0.05) is 17.7 Å². The quantitative estimate of drug-likeness (QED) is 0.621. The van der Waals surface area contributed by atoms with Crippen LogP contribution in [-0.2, 0) is 9.84 Å². The Balaban J connectivity index is 2.08. The van der Waals surface area contributed by atoms with Gasteiger partial charge in [-0.3, -0.25) is 10.1 Å². The first kappa shape index (κ1) is 14.2. The van der Waals surface area contributed by atoms with Gasteiger partial charge in [-0.25, -0.2) is 12.8 Å². The van der Waals surface area contributed by atoms with Gasteiger partial charge in [0.1, 0.15) is 5.82 Å². The minimum Gasteiger partial charge on any atom is -0.258 e. The second-order valence-corrected chi connectivity index (χ2v) is 7.95. The van der Waals surface area contributed by atoms with Gasteiger partial charge in [0.2, 0.25) is 0 Å². The Labute approximate surface area is 121 Å². The molecule has 0 N–H and O–H groups in total. The number of allylic oxidation sites excluding steroid dienone is 1. The number of hydrogen-bond acceptors (Lipinski definition) is 4. The molecule has 112 valence electrons. The van der Waals surface area contributed by atoms with E-state index >= 15 is 0 Å². The van der Waals surface area contributed by atoms with Crippen molar-refractivity contribution in [2.24, 2.45) is 0 Å². The molecule has 1 fully saturated rings. The van der Waals surface area contributed by atoms with Crippen LogP contribution in [0, 0.1) is 15.9 Å². The second kappa shape index (κ2) is 4.91. The number of nitrogens with zero attached hydrogens (tertiary/aromatic N) is 1. The fourth-order valence-corrected chi connectivity index (χ4v) is 5.38. The van der Waals surface area contributed by atoms with Gasteiger partial charge in [-0.2, -0.15) is 0 Å². The average molecular weight is 311 g/mol. The predicted molar refractivity (Wildman–Crippen MR) is 76.0 cm³/mol. The van der Waals surface area contributed by atoms with Crippen molar-refractivity contribution in [3.8, 4) is 0 Å². The van der Waals surface area contributed by atoms with E-state index in [0.29, 0.717) is 18.4 Å². The zero-order chi connectivity index (χ0) is 15.2. The molecular weight excluding hydrogens is 297 g/mol. The van der Waals surface area contributed by atoms with Gasteiger partial charge in [-0.15, -0.1) is 0 Å². The number of halogens is 1. The molecule has 2 atom stereocenters. The van der Waals surface area contributed by atoms with Crippen molar-refractivity contribution in [2.75, 3.05) is 0 Å². The van der Waals surface area contributed by atoms with Gasteiger partial charge < -0.3 is 0 Å². The first-order valence-corrected chi connectivity index (χ1v) is 8.38. The number of rotatable bonds is 2. The van der Waals surface area contributed by atoms with Gasteiger partial charge in [0.05, 0.1) is 15.4 Å². The van der Waals surface area contributed by atoms with Crippen molar-refractivity contribution in [1.29, 1.82) is 0 Å². The molecule has 1 aromatic carbocycles. The maximum absolute atomic E-state index is 14.0. The molecule has 3 rings (SSSR count). The number of nitro groups is 1. The highest BCUT2D eigenvalue weighted by Gasteiger charge is 2.40. The Morgan fingerprint density at radius 3 is 2.71 bits per heavy atom. The molecule has 0 spiro atoms. The van der Waals surface area contributed by atoms with Gasteiger partial charge in [0.25, 0.3) is 5.69 Å². The van der Waals surface area contributed by atoms with Crippen LogP contribution in [0.25, 0.3) is 5.57 Å². The molecular formula is C14H14FNO4S. The van der Waals surface area contributed by atoms with Crippen LogP contribution < -0.4 is 0 Å². The van der Waals surface area contributed by atoms with E-state index in [1.54, 1.807) is 6.08 Å². The number of hydrogen-bond donors (Lipinski definition) is 0. The monoisotopic (exact) mass is 311 g/mol. The first-order chi connectivity index (χ1) is 9.89. The summed E-state index contributed by atoms with van der Waals surface area (Å²) in [6, 6.07) is 3.36. The zero-order valence-corrected chi connectivity index (χ0v) is 12.0. The van der Waals surface area contributed by atoms with Crippen LogP contribution in [-0.4, -0.2) is 23.8 Å². The molecule has 1 aromatic rings. The fourth-order valence-electron chi connectivity index (χ4n) is 3.13. The normalized spacial score (nSPS) is 27.0. The molecule has 1 saturated heterocycles. The van der Waals surface area contributed by atoms with Gasteiger partial charge >= 0.3 is 0 Å². The SMILES string of the molecule is O=[N+]([O-])c1ccc(F)c(C2=CC3CCCC(C2)S3(=O)=O)c1. The summed E-state index contributed by atoms with van der Waals surface area (Å²) < 4.78 is 38.3. The van der Waals surface area contributed by atoms with E-state index in [4.69, 9.17) is 0 Å². The molecule has 0 saturated carbocycles. The van der Waals surface area contributed by atoms with Crippen LogP contribution in [0.2, 0.25) is 0 Å². The topological polar surface area (TPSA) is 77.3 Å². The smallest absolute Gasteiger partial charge is 0.258 e. The summed E-state index contributed by atoms with van der Waals surface area (Å²) in [6.45, 7) is 0. The van der Waals surface area contributed by atoms with Crippen LogP contribution in [0.3, 0.4) is 0 Å². The van der Waals surface area contributed by atoms with Crippen LogP contribution in [0.5, 0.6) is 0 Å². The molecule has 2 unspecified atom stereocenters. The highest BCUT2D eigenvalue weighted by molar-refractivity contribution is 7.93. The van der Waals surface area contributed by atoms with Crippen molar-refractivity contribution in [1.82, 2.24) is 0 Å². The lowest BCUT2D eigenvalue weighted by Crippen LogP contribution is -2.38.